The van der Waals surface area contributed by atoms with Crippen molar-refractivity contribution in [1.29, 1.82) is 0 Å². The van der Waals surface area contributed by atoms with Crippen LogP contribution in [0.1, 0.15) is 51.1 Å². The van der Waals surface area contributed by atoms with Crippen molar-refractivity contribution in [2.75, 3.05) is 7.05 Å². The third-order valence-electron chi connectivity index (χ3n) is 3.39. The number of benzene rings is 1. The summed E-state index contributed by atoms with van der Waals surface area (Å²) in [6.07, 6.45) is 5.21. The van der Waals surface area contributed by atoms with E-state index < -0.39 is 0 Å². The third kappa shape index (κ3) is 3.64. The summed E-state index contributed by atoms with van der Waals surface area (Å²) >= 11 is 0. The lowest BCUT2D eigenvalue weighted by Crippen LogP contribution is -2.25. The van der Waals surface area contributed by atoms with Crippen molar-refractivity contribution in [3.63, 3.8) is 0 Å². The lowest BCUT2D eigenvalue weighted by Gasteiger charge is -2.26. The highest BCUT2D eigenvalue weighted by molar-refractivity contribution is 5.19. The van der Waals surface area contributed by atoms with Crippen molar-refractivity contribution < 1.29 is 0 Å². The van der Waals surface area contributed by atoms with Crippen LogP contribution in [-0.4, -0.2) is 7.05 Å². The molecule has 1 rings (SSSR count). The van der Waals surface area contributed by atoms with Crippen LogP contribution in [0.3, 0.4) is 0 Å². The second-order valence-electron chi connectivity index (χ2n) is 4.49. The summed E-state index contributed by atoms with van der Waals surface area (Å²) in [5, 5.41) is 3.48. The Bertz CT molecular complexity index is 268. The highest BCUT2D eigenvalue weighted by Crippen LogP contribution is 2.28. The standard InChI is InChI=1S/C15H25N/c1-4-6-10-13(5-2)15(16-3)14-11-8-7-9-12-14/h7-9,11-13,15-16H,4-6,10H2,1-3H3. The Labute approximate surface area is 100 Å². The van der Waals surface area contributed by atoms with E-state index in [2.05, 4.69) is 56.5 Å². The van der Waals surface area contributed by atoms with Crippen molar-refractivity contribution in [2.24, 2.45) is 5.92 Å². The van der Waals surface area contributed by atoms with Gasteiger partial charge in [-0.05, 0) is 24.9 Å². The number of nitrogens with one attached hydrogen (secondary N) is 1. The van der Waals surface area contributed by atoms with E-state index >= 15 is 0 Å². The van der Waals surface area contributed by atoms with Crippen molar-refractivity contribution in [1.82, 2.24) is 5.32 Å². The lowest BCUT2D eigenvalue weighted by atomic mass is 9.87. The maximum atomic E-state index is 3.48. The molecule has 1 nitrogen and oxygen atoms in total. The van der Waals surface area contributed by atoms with Crippen LogP contribution >= 0.6 is 0 Å². The molecule has 0 amide bonds. The molecule has 0 bridgehead atoms. The van der Waals surface area contributed by atoms with Gasteiger partial charge in [0.25, 0.3) is 0 Å². The average molecular weight is 219 g/mol. The quantitative estimate of drug-likeness (QED) is 0.726. The zero-order chi connectivity index (χ0) is 11.8. The summed E-state index contributed by atoms with van der Waals surface area (Å²) < 4.78 is 0. The largest absolute Gasteiger partial charge is 0.313 e. The van der Waals surface area contributed by atoms with E-state index in [4.69, 9.17) is 0 Å². The monoisotopic (exact) mass is 219 g/mol. The van der Waals surface area contributed by atoms with Gasteiger partial charge in [-0.25, -0.2) is 0 Å². The maximum Gasteiger partial charge on any atom is 0.0346 e. The molecular weight excluding hydrogens is 194 g/mol. The number of unbranched alkanes of at least 4 members (excludes halogenated alkanes) is 1. The lowest BCUT2D eigenvalue weighted by molar-refractivity contribution is 0.339. The molecule has 1 aromatic carbocycles. The fourth-order valence-corrected chi connectivity index (χ4v) is 2.41. The zero-order valence-corrected chi connectivity index (χ0v) is 10.9. The highest BCUT2D eigenvalue weighted by Gasteiger charge is 2.19. The van der Waals surface area contributed by atoms with Gasteiger partial charge in [0.2, 0.25) is 0 Å². The van der Waals surface area contributed by atoms with Crippen molar-refractivity contribution in [2.45, 2.75) is 45.6 Å². The molecule has 0 spiro atoms. The summed E-state index contributed by atoms with van der Waals surface area (Å²) in [4.78, 5) is 0. The molecule has 1 heteroatoms. The second-order valence-corrected chi connectivity index (χ2v) is 4.49. The maximum absolute atomic E-state index is 3.48. The summed E-state index contributed by atoms with van der Waals surface area (Å²) in [6, 6.07) is 11.3. The van der Waals surface area contributed by atoms with Crippen molar-refractivity contribution in [3.8, 4) is 0 Å². The minimum Gasteiger partial charge on any atom is -0.313 e. The number of hydrogen-bond acceptors (Lipinski definition) is 1. The number of rotatable bonds is 7. The van der Waals surface area contributed by atoms with E-state index in [0.717, 1.165) is 5.92 Å². The molecule has 2 unspecified atom stereocenters. The molecule has 0 saturated heterocycles. The topological polar surface area (TPSA) is 12.0 Å². The van der Waals surface area contributed by atoms with Crippen LogP contribution in [0, 0.1) is 5.92 Å². The molecule has 16 heavy (non-hydrogen) atoms. The molecule has 0 aliphatic rings. The van der Waals surface area contributed by atoms with Crippen LogP contribution in [0.25, 0.3) is 0 Å². The normalized spacial score (nSPS) is 14.7. The van der Waals surface area contributed by atoms with Gasteiger partial charge in [0, 0.05) is 6.04 Å². The molecule has 0 aliphatic heterocycles. The van der Waals surface area contributed by atoms with Crippen LogP contribution in [0.15, 0.2) is 30.3 Å². The molecule has 0 fully saturated rings. The van der Waals surface area contributed by atoms with E-state index in [1.54, 1.807) is 0 Å². The SMILES string of the molecule is CCCCC(CC)C(NC)c1ccccc1. The molecule has 1 aromatic rings. The van der Waals surface area contributed by atoms with E-state index in [1.165, 1.54) is 31.2 Å². The first-order chi connectivity index (χ1) is 7.83. The fraction of sp³-hybridized carbons (Fsp3) is 0.600. The molecule has 90 valence electrons. The first kappa shape index (κ1) is 13.2. The van der Waals surface area contributed by atoms with Crippen molar-refractivity contribution in [3.05, 3.63) is 35.9 Å². The van der Waals surface area contributed by atoms with Gasteiger partial charge in [0.1, 0.15) is 0 Å². The van der Waals surface area contributed by atoms with E-state index in [-0.39, 0.29) is 0 Å². The van der Waals surface area contributed by atoms with Gasteiger partial charge >= 0.3 is 0 Å². The van der Waals surface area contributed by atoms with Gasteiger partial charge in [-0.2, -0.15) is 0 Å². The van der Waals surface area contributed by atoms with Gasteiger partial charge < -0.3 is 5.32 Å². The van der Waals surface area contributed by atoms with Crippen molar-refractivity contribution >= 4 is 0 Å². The minimum absolute atomic E-state index is 0.512. The molecule has 0 aliphatic carbocycles. The summed E-state index contributed by atoms with van der Waals surface area (Å²) in [6.45, 7) is 4.57. The molecule has 2 atom stereocenters. The predicted octanol–water partition coefficient (Wildman–Crippen LogP) is 4.16. The smallest absolute Gasteiger partial charge is 0.0346 e. The zero-order valence-electron chi connectivity index (χ0n) is 10.9. The molecule has 0 heterocycles. The Morgan fingerprint density at radius 1 is 1.12 bits per heavy atom. The highest BCUT2D eigenvalue weighted by atomic mass is 14.9. The Morgan fingerprint density at radius 2 is 1.81 bits per heavy atom. The minimum atomic E-state index is 0.512. The summed E-state index contributed by atoms with van der Waals surface area (Å²) in [7, 11) is 2.08. The second kappa shape index (κ2) is 7.45. The van der Waals surface area contributed by atoms with Crippen LogP contribution in [-0.2, 0) is 0 Å². The van der Waals surface area contributed by atoms with E-state index in [1.807, 2.05) is 0 Å². The molecule has 0 saturated carbocycles. The van der Waals surface area contributed by atoms with Gasteiger partial charge in [0.15, 0.2) is 0 Å². The third-order valence-corrected chi connectivity index (χ3v) is 3.39. The first-order valence-corrected chi connectivity index (χ1v) is 6.55. The summed E-state index contributed by atoms with van der Waals surface area (Å²) in [5.41, 5.74) is 1.42. The molecular formula is C15H25N. The Kier molecular flexibility index (Phi) is 6.17. The van der Waals surface area contributed by atoms with Gasteiger partial charge in [-0.15, -0.1) is 0 Å². The molecule has 0 aromatic heterocycles. The van der Waals surface area contributed by atoms with Crippen LogP contribution in [0.5, 0.6) is 0 Å². The molecule has 0 radical (unpaired) electrons. The Hall–Kier alpha value is -0.820. The van der Waals surface area contributed by atoms with Gasteiger partial charge in [-0.1, -0.05) is 63.4 Å². The van der Waals surface area contributed by atoms with E-state index in [9.17, 15) is 0 Å². The fourth-order valence-electron chi connectivity index (χ4n) is 2.41. The Morgan fingerprint density at radius 3 is 2.31 bits per heavy atom. The number of hydrogen-bond donors (Lipinski definition) is 1. The van der Waals surface area contributed by atoms with Crippen LogP contribution < -0.4 is 5.32 Å². The molecule has 1 N–H and O–H groups in total. The average Bonchev–Trinajstić information content (AvgIpc) is 2.35. The van der Waals surface area contributed by atoms with Gasteiger partial charge in [0.05, 0.1) is 0 Å². The van der Waals surface area contributed by atoms with Crippen LogP contribution in [0.2, 0.25) is 0 Å². The first-order valence-electron chi connectivity index (χ1n) is 6.55. The van der Waals surface area contributed by atoms with E-state index in [0.29, 0.717) is 6.04 Å². The van der Waals surface area contributed by atoms with Gasteiger partial charge in [-0.3, -0.25) is 0 Å². The predicted molar refractivity (Wildman–Crippen MR) is 71.5 cm³/mol. The van der Waals surface area contributed by atoms with Crippen LogP contribution in [0.4, 0.5) is 0 Å². The Balaban J connectivity index is 2.71. The summed E-state index contributed by atoms with van der Waals surface area (Å²) in [5.74, 6) is 0.757.